The number of hydrogen-bond donors (Lipinski definition) is 0. The van der Waals surface area contributed by atoms with E-state index < -0.39 is 84.6 Å². The van der Waals surface area contributed by atoms with Gasteiger partial charge >= 0.3 is 0 Å². The van der Waals surface area contributed by atoms with Gasteiger partial charge in [-0.05, 0) is 212 Å². The molecule has 0 bridgehead atoms. The Morgan fingerprint density at radius 1 is 0.120 bits per heavy atom. The standard InChI is InChI=1S/2C48H36N2/c2*1-5-13-37(14-6-1)39-21-29-45(30-22-39)49(43-17-9-3-10-18-43)47-33-25-41(26-34-47)42-27-35-48(36-28-42)50(44-19-11-4-12-20-44)46-31-23-40(24-32-46)38-15-7-2-8-16-38/h2*1-36H/i3D,4D,9D,10D,11D,12D,17D,18D,19D,20D;25D,26D,27D,28D,33D,34D,35D,36D. The lowest BCUT2D eigenvalue weighted by Crippen LogP contribution is -2.10. The number of anilines is 12. The van der Waals surface area contributed by atoms with Crippen molar-refractivity contribution in [2.24, 2.45) is 0 Å². The maximum atomic E-state index is 9.33. The molecule has 0 saturated carbocycles. The topological polar surface area (TPSA) is 13.0 Å². The fourth-order valence-electron chi connectivity index (χ4n) is 11.9. The monoisotopic (exact) mass is 1300 g/mol. The highest BCUT2D eigenvalue weighted by atomic mass is 15.2. The SMILES string of the molecule is [2H]c1c([2H])c(N(c2ccccc2)c2ccc(-c3ccccc3)cc2)c([2H])c([2H])c1-c1c([2H])c([2H])c(N(c2ccccc2)c2ccc(-c3ccccc3)cc2)c([2H])c1[2H].[2H]c1c([2H])c([2H])c(N(c2ccc(-c3ccccc3)cc2)c2ccc(-c3ccc(N(c4ccc(-c5ccccc5)cc4)c4c([2H])c([2H])c([2H])c([2H])c4[2H])cc3)cc2)c([2H])c1[2H]. The highest BCUT2D eigenvalue weighted by Crippen LogP contribution is 2.42. The average Bonchev–Trinajstić information content (AvgIpc) is 0.730. The molecule has 476 valence electrons. The number of hydrogen-bond acceptors (Lipinski definition) is 4. The predicted molar refractivity (Wildman–Crippen MR) is 424 cm³/mol. The molecule has 4 heteroatoms. The zero-order valence-electron chi connectivity index (χ0n) is 72.0. The van der Waals surface area contributed by atoms with Crippen LogP contribution in [0.5, 0.6) is 0 Å². The van der Waals surface area contributed by atoms with Crippen molar-refractivity contribution in [2.45, 2.75) is 0 Å². The summed E-state index contributed by atoms with van der Waals surface area (Å²) in [5, 5.41) is 0. The molecule has 0 saturated heterocycles. The summed E-state index contributed by atoms with van der Waals surface area (Å²) in [5.74, 6) is 0. The van der Waals surface area contributed by atoms with E-state index in [-0.39, 0.29) is 58.0 Å². The van der Waals surface area contributed by atoms with Gasteiger partial charge in [0.05, 0.1) is 24.7 Å². The minimum atomic E-state index is -0.484. The van der Waals surface area contributed by atoms with Crippen molar-refractivity contribution < 1.29 is 24.7 Å². The van der Waals surface area contributed by atoms with Crippen LogP contribution in [0.25, 0.3) is 66.8 Å². The van der Waals surface area contributed by atoms with Crippen molar-refractivity contribution in [2.75, 3.05) is 19.6 Å². The molecule has 0 radical (unpaired) electrons. The van der Waals surface area contributed by atoms with E-state index in [1.807, 2.05) is 328 Å². The molecular formula is C96H72N4. The average molecular weight is 1300 g/mol. The van der Waals surface area contributed by atoms with Crippen LogP contribution in [-0.4, -0.2) is 0 Å². The van der Waals surface area contributed by atoms with Crippen LogP contribution in [0.15, 0.2) is 436 Å². The molecule has 0 spiro atoms. The Morgan fingerprint density at radius 2 is 0.280 bits per heavy atom. The molecule has 0 amide bonds. The summed E-state index contributed by atoms with van der Waals surface area (Å²) < 4.78 is 160. The molecule has 16 aromatic carbocycles. The Bertz CT molecular complexity index is 5840. The summed E-state index contributed by atoms with van der Waals surface area (Å²) in [5.41, 5.74) is 13.8. The largest absolute Gasteiger partial charge is 0.311 e. The Balaban J connectivity index is 0.000000185. The zero-order valence-corrected chi connectivity index (χ0v) is 54.0. The van der Waals surface area contributed by atoms with Gasteiger partial charge in [-0.2, -0.15) is 0 Å². The third kappa shape index (κ3) is 14.4. The molecule has 0 heterocycles. The molecule has 0 aliphatic rings. The van der Waals surface area contributed by atoms with Crippen molar-refractivity contribution in [3.05, 3.63) is 436 Å². The van der Waals surface area contributed by atoms with Gasteiger partial charge in [0.25, 0.3) is 0 Å². The molecule has 4 nitrogen and oxygen atoms in total. The van der Waals surface area contributed by atoms with E-state index in [0.29, 0.717) is 45.5 Å². The maximum absolute atomic E-state index is 9.33. The van der Waals surface area contributed by atoms with E-state index in [9.17, 15) is 11.0 Å². The first-order valence-electron chi connectivity index (χ1n) is 41.6. The lowest BCUT2D eigenvalue weighted by molar-refractivity contribution is 1.28. The summed E-state index contributed by atoms with van der Waals surface area (Å²) in [6, 6.07) is 95.6. The number of rotatable bonds is 18. The lowest BCUT2D eigenvalue weighted by Gasteiger charge is -2.26. The third-order valence-electron chi connectivity index (χ3n) is 16.9. The second-order valence-corrected chi connectivity index (χ2v) is 23.2. The fourth-order valence-corrected chi connectivity index (χ4v) is 11.9. The van der Waals surface area contributed by atoms with Crippen LogP contribution in [0, 0.1) is 0 Å². The quantitative estimate of drug-likeness (QED) is 0.0849. The number of benzene rings is 16. The van der Waals surface area contributed by atoms with Crippen LogP contribution >= 0.6 is 0 Å². The predicted octanol–water partition coefficient (Wildman–Crippen LogP) is 27.3. The Morgan fingerprint density at radius 3 is 0.480 bits per heavy atom. The van der Waals surface area contributed by atoms with Crippen molar-refractivity contribution in [1.82, 2.24) is 0 Å². The van der Waals surface area contributed by atoms with Gasteiger partial charge in [-0.1, -0.05) is 291 Å². The maximum Gasteiger partial charge on any atom is 0.0645 e. The first-order valence-corrected chi connectivity index (χ1v) is 32.6. The molecule has 0 atom stereocenters. The van der Waals surface area contributed by atoms with Crippen LogP contribution in [0.4, 0.5) is 68.2 Å². The van der Waals surface area contributed by atoms with Gasteiger partial charge in [-0.3, -0.25) is 0 Å². The fraction of sp³-hybridized carbons (Fsp3) is 0. The second-order valence-electron chi connectivity index (χ2n) is 23.2. The van der Waals surface area contributed by atoms with Gasteiger partial charge in [0.1, 0.15) is 0 Å². The van der Waals surface area contributed by atoms with E-state index in [2.05, 4.69) is 0 Å². The van der Waals surface area contributed by atoms with Crippen LogP contribution in [-0.2, 0) is 0 Å². The summed E-state index contributed by atoms with van der Waals surface area (Å²) in [6.07, 6.45) is 0. The highest BCUT2D eigenvalue weighted by molar-refractivity contribution is 5.85. The van der Waals surface area contributed by atoms with Gasteiger partial charge in [0.2, 0.25) is 0 Å². The zero-order chi connectivity index (χ0) is 82.7. The summed E-state index contributed by atoms with van der Waals surface area (Å²) in [4.78, 5) is 6.67. The summed E-state index contributed by atoms with van der Waals surface area (Å²) in [7, 11) is 0. The van der Waals surface area contributed by atoms with E-state index in [4.69, 9.17) is 13.7 Å². The van der Waals surface area contributed by atoms with Gasteiger partial charge in [0.15, 0.2) is 0 Å². The molecule has 0 N–H and O–H groups in total. The van der Waals surface area contributed by atoms with Crippen molar-refractivity contribution in [3.63, 3.8) is 0 Å². The van der Waals surface area contributed by atoms with Crippen molar-refractivity contribution >= 4 is 68.2 Å². The Hall–Kier alpha value is -13.3. The molecule has 0 aliphatic carbocycles. The smallest absolute Gasteiger partial charge is 0.0645 e. The van der Waals surface area contributed by atoms with Crippen LogP contribution < -0.4 is 19.6 Å². The molecule has 0 fully saturated rings. The molecule has 0 aliphatic heterocycles. The molecule has 16 rings (SSSR count). The Kier molecular flexibility index (Phi) is 13.7. The number of para-hydroxylation sites is 4. The second kappa shape index (κ2) is 30.2. The first kappa shape index (κ1) is 45.2. The van der Waals surface area contributed by atoms with E-state index >= 15 is 0 Å². The highest BCUT2D eigenvalue weighted by Gasteiger charge is 2.19. The van der Waals surface area contributed by atoms with E-state index in [1.54, 1.807) is 19.6 Å². The van der Waals surface area contributed by atoms with Crippen molar-refractivity contribution in [3.8, 4) is 66.8 Å². The third-order valence-corrected chi connectivity index (χ3v) is 16.9. The van der Waals surface area contributed by atoms with Crippen LogP contribution in [0.2, 0.25) is 0 Å². The van der Waals surface area contributed by atoms with Crippen LogP contribution in [0.3, 0.4) is 0 Å². The van der Waals surface area contributed by atoms with Gasteiger partial charge in [-0.25, -0.2) is 0 Å². The van der Waals surface area contributed by atoms with Crippen LogP contribution in [0.1, 0.15) is 24.7 Å². The van der Waals surface area contributed by atoms with Gasteiger partial charge < -0.3 is 19.6 Å². The molecule has 100 heavy (non-hydrogen) atoms. The summed E-state index contributed by atoms with van der Waals surface area (Å²) in [6.45, 7) is 0. The Labute approximate surface area is 613 Å². The normalized spacial score (nSPS) is 13.3. The minimum Gasteiger partial charge on any atom is -0.311 e. The van der Waals surface area contributed by atoms with E-state index in [1.165, 1.54) is 0 Å². The van der Waals surface area contributed by atoms with Crippen molar-refractivity contribution in [1.29, 1.82) is 0 Å². The first-order chi connectivity index (χ1) is 57.1. The van der Waals surface area contributed by atoms with E-state index in [0.717, 1.165) is 55.6 Å². The molecule has 0 unspecified atom stereocenters. The molecule has 16 aromatic rings. The van der Waals surface area contributed by atoms with Gasteiger partial charge in [0, 0.05) is 68.2 Å². The molecular weight excluding hydrogens is 1210 g/mol. The number of nitrogens with zero attached hydrogens (tertiary/aromatic N) is 4. The minimum absolute atomic E-state index is 0.0153. The van der Waals surface area contributed by atoms with Gasteiger partial charge in [-0.15, -0.1) is 0 Å². The lowest BCUT2D eigenvalue weighted by atomic mass is 10.0. The summed E-state index contributed by atoms with van der Waals surface area (Å²) >= 11 is 0. The molecule has 0 aromatic heterocycles.